The van der Waals surface area contributed by atoms with E-state index in [1.165, 1.54) is 0 Å². The molecule has 2 aromatic carbocycles. The molecule has 0 bridgehead atoms. The van der Waals surface area contributed by atoms with Crippen LogP contribution < -0.4 is 0 Å². The van der Waals surface area contributed by atoms with Crippen molar-refractivity contribution >= 4 is 17.9 Å². The largest absolute Gasteiger partial charge is 0.302 e. The lowest BCUT2D eigenvalue weighted by Gasteiger charge is -2.23. The maximum atomic E-state index is 11.5. The minimum absolute atomic E-state index is 0.508. The van der Waals surface area contributed by atoms with Gasteiger partial charge in [-0.2, -0.15) is 0 Å². The Labute approximate surface area is 112 Å². The summed E-state index contributed by atoms with van der Waals surface area (Å²) in [5.41, 5.74) is 1.64. The lowest BCUT2D eigenvalue weighted by molar-refractivity contribution is -0.112. The zero-order valence-corrected chi connectivity index (χ0v) is 11.0. The van der Waals surface area contributed by atoms with E-state index in [2.05, 4.69) is 0 Å². The molecule has 2 rings (SSSR count). The summed E-state index contributed by atoms with van der Waals surface area (Å²) in [6, 6.07) is 17.5. The van der Waals surface area contributed by atoms with Gasteiger partial charge in [0.2, 0.25) is 0 Å². The first-order chi connectivity index (χ1) is 8.64. The molecule has 92 valence electrons. The van der Waals surface area contributed by atoms with Gasteiger partial charge in [0.25, 0.3) is 0 Å². The van der Waals surface area contributed by atoms with Gasteiger partial charge in [0.05, 0.1) is 5.41 Å². The van der Waals surface area contributed by atoms with E-state index in [9.17, 15) is 4.79 Å². The van der Waals surface area contributed by atoms with Gasteiger partial charge in [-0.05, 0) is 36.6 Å². The fourth-order valence-corrected chi connectivity index (χ4v) is 2.19. The Morgan fingerprint density at radius 1 is 1.06 bits per heavy atom. The minimum Gasteiger partial charge on any atom is -0.302 e. The second-order valence-electron chi connectivity index (χ2n) is 4.70. The summed E-state index contributed by atoms with van der Waals surface area (Å²) in [4.78, 5) is 11.5. The third-order valence-corrected chi connectivity index (χ3v) is 3.43. The summed E-state index contributed by atoms with van der Waals surface area (Å²) >= 11 is 5.88. The molecular weight excluding hydrogens is 244 g/mol. The molecule has 18 heavy (non-hydrogen) atoms. The highest BCUT2D eigenvalue weighted by Crippen LogP contribution is 2.27. The van der Waals surface area contributed by atoms with E-state index in [4.69, 9.17) is 11.6 Å². The Morgan fingerprint density at radius 2 is 1.67 bits per heavy atom. The Kier molecular flexibility index (Phi) is 3.83. The average molecular weight is 259 g/mol. The molecule has 0 saturated carbocycles. The summed E-state index contributed by atoms with van der Waals surface area (Å²) in [5, 5.41) is 0.687. The highest BCUT2D eigenvalue weighted by Gasteiger charge is 2.26. The van der Waals surface area contributed by atoms with Crippen LogP contribution in [0.3, 0.4) is 0 Å². The standard InChI is InChI=1S/C16H15ClO/c1-16(12-18,11-13-5-3-2-4-6-13)14-7-9-15(17)10-8-14/h2-10,12H,11H2,1H3. The van der Waals surface area contributed by atoms with Gasteiger partial charge in [-0.25, -0.2) is 0 Å². The van der Waals surface area contributed by atoms with E-state index in [1.54, 1.807) is 0 Å². The van der Waals surface area contributed by atoms with Crippen molar-refractivity contribution in [2.45, 2.75) is 18.8 Å². The van der Waals surface area contributed by atoms with Gasteiger partial charge in [-0.15, -0.1) is 0 Å². The molecule has 0 aliphatic rings. The number of carbonyl (C=O) groups excluding carboxylic acids is 1. The smallest absolute Gasteiger partial charge is 0.130 e. The Balaban J connectivity index is 2.30. The number of rotatable bonds is 4. The van der Waals surface area contributed by atoms with Crippen LogP contribution in [0.2, 0.25) is 5.02 Å². The zero-order chi connectivity index (χ0) is 13.0. The average Bonchev–Trinajstić information content (AvgIpc) is 2.40. The third kappa shape index (κ3) is 2.80. The Bertz CT molecular complexity index is 519. The van der Waals surface area contributed by atoms with Crippen LogP contribution in [0.1, 0.15) is 18.1 Å². The highest BCUT2D eigenvalue weighted by molar-refractivity contribution is 6.30. The van der Waals surface area contributed by atoms with Gasteiger partial charge < -0.3 is 4.79 Å². The van der Waals surface area contributed by atoms with E-state index >= 15 is 0 Å². The second kappa shape index (κ2) is 5.36. The highest BCUT2D eigenvalue weighted by atomic mass is 35.5. The summed E-state index contributed by atoms with van der Waals surface area (Å²) in [5.74, 6) is 0. The zero-order valence-electron chi connectivity index (χ0n) is 10.3. The van der Waals surface area contributed by atoms with Gasteiger partial charge in [0, 0.05) is 5.02 Å². The Morgan fingerprint density at radius 3 is 2.22 bits per heavy atom. The molecular formula is C16H15ClO. The summed E-state index contributed by atoms with van der Waals surface area (Å²) in [6.07, 6.45) is 1.71. The van der Waals surface area contributed by atoms with Crippen molar-refractivity contribution in [2.24, 2.45) is 0 Å². The number of halogens is 1. The minimum atomic E-state index is -0.508. The summed E-state index contributed by atoms with van der Waals surface area (Å²) in [7, 11) is 0. The molecule has 0 saturated heterocycles. The molecule has 2 heteroatoms. The molecule has 2 aromatic rings. The molecule has 1 nitrogen and oxygen atoms in total. The van der Waals surface area contributed by atoms with Crippen molar-refractivity contribution in [3.8, 4) is 0 Å². The van der Waals surface area contributed by atoms with Gasteiger partial charge >= 0.3 is 0 Å². The van der Waals surface area contributed by atoms with Crippen molar-refractivity contribution in [1.82, 2.24) is 0 Å². The molecule has 0 aliphatic heterocycles. The van der Waals surface area contributed by atoms with Crippen LogP contribution in [0.25, 0.3) is 0 Å². The molecule has 0 fully saturated rings. The normalized spacial score (nSPS) is 13.9. The fourth-order valence-electron chi connectivity index (χ4n) is 2.06. The van der Waals surface area contributed by atoms with E-state index in [1.807, 2.05) is 61.5 Å². The van der Waals surface area contributed by atoms with Crippen LogP contribution >= 0.6 is 11.6 Å². The molecule has 0 N–H and O–H groups in total. The molecule has 0 heterocycles. The van der Waals surface area contributed by atoms with E-state index in [0.29, 0.717) is 11.4 Å². The van der Waals surface area contributed by atoms with Gasteiger partial charge in [0.15, 0.2) is 0 Å². The molecule has 1 unspecified atom stereocenters. The number of hydrogen-bond donors (Lipinski definition) is 0. The van der Waals surface area contributed by atoms with E-state index in [-0.39, 0.29) is 0 Å². The number of hydrogen-bond acceptors (Lipinski definition) is 1. The van der Waals surface area contributed by atoms with E-state index in [0.717, 1.165) is 17.4 Å². The van der Waals surface area contributed by atoms with Crippen molar-refractivity contribution in [1.29, 1.82) is 0 Å². The van der Waals surface area contributed by atoms with Crippen LogP contribution in [0, 0.1) is 0 Å². The van der Waals surface area contributed by atoms with Crippen LogP contribution in [-0.2, 0) is 16.6 Å². The first-order valence-electron chi connectivity index (χ1n) is 5.90. The molecule has 0 spiro atoms. The summed E-state index contributed by atoms with van der Waals surface area (Å²) < 4.78 is 0. The number of benzene rings is 2. The van der Waals surface area contributed by atoms with Crippen molar-refractivity contribution < 1.29 is 4.79 Å². The first-order valence-corrected chi connectivity index (χ1v) is 6.28. The van der Waals surface area contributed by atoms with Crippen LogP contribution in [0.4, 0.5) is 0 Å². The molecule has 0 aromatic heterocycles. The Hall–Kier alpha value is -1.60. The predicted molar refractivity (Wildman–Crippen MR) is 75.0 cm³/mol. The van der Waals surface area contributed by atoms with Crippen LogP contribution in [-0.4, -0.2) is 6.29 Å². The number of carbonyl (C=O) groups is 1. The molecule has 0 aliphatic carbocycles. The molecule has 0 radical (unpaired) electrons. The quantitative estimate of drug-likeness (QED) is 0.757. The lowest BCUT2D eigenvalue weighted by atomic mass is 9.79. The summed E-state index contributed by atoms with van der Waals surface area (Å²) in [6.45, 7) is 1.95. The topological polar surface area (TPSA) is 17.1 Å². The molecule has 1 atom stereocenters. The van der Waals surface area contributed by atoms with Gasteiger partial charge in [-0.1, -0.05) is 54.1 Å². The first kappa shape index (κ1) is 12.8. The van der Waals surface area contributed by atoms with Crippen molar-refractivity contribution in [3.63, 3.8) is 0 Å². The maximum absolute atomic E-state index is 11.5. The van der Waals surface area contributed by atoms with Gasteiger partial charge in [-0.3, -0.25) is 0 Å². The van der Waals surface area contributed by atoms with E-state index < -0.39 is 5.41 Å². The maximum Gasteiger partial charge on any atom is 0.130 e. The predicted octanol–water partition coefficient (Wildman–Crippen LogP) is 4.04. The molecule has 0 amide bonds. The number of aldehydes is 1. The SMILES string of the molecule is CC(C=O)(Cc1ccccc1)c1ccc(Cl)cc1. The lowest BCUT2D eigenvalue weighted by Crippen LogP contribution is -2.26. The van der Waals surface area contributed by atoms with Crippen molar-refractivity contribution in [3.05, 3.63) is 70.7 Å². The van der Waals surface area contributed by atoms with Crippen LogP contribution in [0.15, 0.2) is 54.6 Å². The third-order valence-electron chi connectivity index (χ3n) is 3.18. The van der Waals surface area contributed by atoms with Gasteiger partial charge in [0.1, 0.15) is 6.29 Å². The fraction of sp³-hybridized carbons (Fsp3) is 0.188. The second-order valence-corrected chi connectivity index (χ2v) is 5.14. The van der Waals surface area contributed by atoms with Crippen LogP contribution in [0.5, 0.6) is 0 Å². The monoisotopic (exact) mass is 258 g/mol. The van der Waals surface area contributed by atoms with Crippen molar-refractivity contribution in [2.75, 3.05) is 0 Å².